The van der Waals surface area contributed by atoms with Crippen molar-refractivity contribution in [2.45, 2.75) is 104 Å². The lowest BCUT2D eigenvalue weighted by atomic mass is 9.75. The summed E-state index contributed by atoms with van der Waals surface area (Å²) in [4.78, 5) is 0. The summed E-state index contributed by atoms with van der Waals surface area (Å²) in [6.45, 7) is 14.5. The van der Waals surface area contributed by atoms with Crippen LogP contribution >= 0.6 is 12.6 Å². The lowest BCUT2D eigenvalue weighted by molar-refractivity contribution is -0.183. The maximum Gasteiger partial charge on any atom is 0.205 e. The van der Waals surface area contributed by atoms with Crippen LogP contribution in [-0.2, 0) is 4.74 Å². The first-order chi connectivity index (χ1) is 15.1. The van der Waals surface area contributed by atoms with Gasteiger partial charge in [0, 0.05) is 10.7 Å². The molecule has 0 aromatic heterocycles. The fourth-order valence-electron chi connectivity index (χ4n) is 7.38. The molecule has 3 heteroatoms. The Morgan fingerprint density at radius 3 is 2.00 bits per heavy atom. The zero-order chi connectivity index (χ0) is 23.1. The summed E-state index contributed by atoms with van der Waals surface area (Å²) in [6, 6.07) is 8.59. The zero-order valence-corrected chi connectivity index (χ0v) is 22.2. The molecule has 4 atom stereocenters. The number of hydrogen-bond donors (Lipinski definition) is 1. The molecule has 2 nitrogen and oxygen atoms in total. The van der Waals surface area contributed by atoms with Gasteiger partial charge in [-0.3, -0.25) is 0 Å². The molecule has 4 unspecified atom stereocenters. The number of hydrogen-bond acceptors (Lipinski definition) is 3. The van der Waals surface area contributed by atoms with Crippen LogP contribution in [0, 0.1) is 34.0 Å². The van der Waals surface area contributed by atoms with Crippen LogP contribution in [0.4, 0.5) is 0 Å². The van der Waals surface area contributed by atoms with Crippen LogP contribution in [0.1, 0.15) is 104 Å². The third-order valence-corrected chi connectivity index (χ3v) is 10.6. The number of ether oxygens (including phenoxy) is 2. The Labute approximate surface area is 202 Å². The molecule has 1 aromatic carbocycles. The third kappa shape index (κ3) is 4.50. The Morgan fingerprint density at radius 1 is 0.938 bits per heavy atom. The minimum absolute atomic E-state index is 0.0580. The van der Waals surface area contributed by atoms with Gasteiger partial charge in [0.1, 0.15) is 5.75 Å². The topological polar surface area (TPSA) is 18.5 Å². The van der Waals surface area contributed by atoms with Crippen LogP contribution in [0.15, 0.2) is 24.3 Å². The van der Waals surface area contributed by atoms with E-state index < -0.39 is 0 Å². The fraction of sp³-hybridized carbons (Fsp3) is 0.793. The quantitative estimate of drug-likeness (QED) is 0.280. The van der Waals surface area contributed by atoms with E-state index in [9.17, 15) is 0 Å². The van der Waals surface area contributed by atoms with Crippen molar-refractivity contribution in [3.05, 3.63) is 29.8 Å². The van der Waals surface area contributed by atoms with Crippen LogP contribution in [0.25, 0.3) is 0 Å². The van der Waals surface area contributed by atoms with Crippen LogP contribution in [0.2, 0.25) is 0 Å². The average Bonchev–Trinajstić information content (AvgIpc) is 3.16. The van der Waals surface area contributed by atoms with Gasteiger partial charge in [-0.15, -0.1) is 0 Å². The lowest BCUT2D eigenvalue weighted by Gasteiger charge is -2.41. The first kappa shape index (κ1) is 24.5. The minimum atomic E-state index is -0.185. The summed E-state index contributed by atoms with van der Waals surface area (Å²) >= 11 is 4.86. The van der Waals surface area contributed by atoms with E-state index in [0.717, 1.165) is 49.4 Å². The standard InChI is InChI=1S/C29H46O2S/c1-7-28(8-2,9-3)26(30-19-29-17-20-14-21(18-29)16-23(29)15-20)31-24-12-10-22(11-13-24)25(32)27(4,5)6/h10-13,20-21,23,25-26,32H,7-9,14-19H2,1-6H3. The van der Waals surface area contributed by atoms with Crippen LogP contribution in [0.3, 0.4) is 0 Å². The highest BCUT2D eigenvalue weighted by molar-refractivity contribution is 7.80. The summed E-state index contributed by atoms with van der Waals surface area (Å²) in [6.07, 6.45) is 10.2. The first-order valence-corrected chi connectivity index (χ1v) is 13.7. The van der Waals surface area contributed by atoms with E-state index in [1.165, 1.54) is 37.7 Å². The fourth-order valence-corrected chi connectivity index (χ4v) is 7.55. The zero-order valence-electron chi connectivity index (χ0n) is 21.3. The van der Waals surface area contributed by atoms with E-state index >= 15 is 0 Å². The highest BCUT2D eigenvalue weighted by Crippen LogP contribution is 2.65. The van der Waals surface area contributed by atoms with Crippen molar-refractivity contribution < 1.29 is 9.47 Å². The Balaban J connectivity index is 1.50. The van der Waals surface area contributed by atoms with Gasteiger partial charge in [-0.05, 0) is 97.6 Å². The van der Waals surface area contributed by atoms with E-state index in [2.05, 4.69) is 65.8 Å². The third-order valence-electron chi connectivity index (χ3n) is 9.55. The molecule has 1 aromatic rings. The highest BCUT2D eigenvalue weighted by Gasteiger charge is 2.58. The van der Waals surface area contributed by atoms with Crippen molar-refractivity contribution in [3.63, 3.8) is 0 Å². The second kappa shape index (κ2) is 9.17. The van der Waals surface area contributed by atoms with Gasteiger partial charge >= 0.3 is 0 Å². The van der Waals surface area contributed by atoms with Gasteiger partial charge in [0.15, 0.2) is 0 Å². The molecule has 4 aliphatic rings. The van der Waals surface area contributed by atoms with E-state index in [-0.39, 0.29) is 22.4 Å². The maximum absolute atomic E-state index is 6.84. The number of rotatable bonds is 10. The van der Waals surface area contributed by atoms with Gasteiger partial charge in [0.25, 0.3) is 0 Å². The molecular formula is C29H46O2S. The summed E-state index contributed by atoms with van der Waals surface area (Å²) in [5.41, 5.74) is 1.86. The Hall–Kier alpha value is -0.670. The molecule has 0 spiro atoms. The van der Waals surface area contributed by atoms with Gasteiger partial charge < -0.3 is 9.47 Å². The number of thiol groups is 1. The van der Waals surface area contributed by atoms with Gasteiger partial charge in [0.2, 0.25) is 6.29 Å². The summed E-state index contributed by atoms with van der Waals surface area (Å²) in [7, 11) is 0. The second-order valence-corrected chi connectivity index (χ2v) is 12.9. The molecule has 4 aliphatic carbocycles. The summed E-state index contributed by atoms with van der Waals surface area (Å²) in [5, 5.41) is 0.205. The smallest absolute Gasteiger partial charge is 0.205 e. The normalized spacial score (nSPS) is 31.2. The van der Waals surface area contributed by atoms with Gasteiger partial charge in [-0.1, -0.05) is 53.7 Å². The Bertz CT molecular complexity index is 738. The van der Waals surface area contributed by atoms with Gasteiger partial charge in [-0.2, -0.15) is 12.6 Å². The maximum atomic E-state index is 6.84. The molecule has 32 heavy (non-hydrogen) atoms. The molecule has 4 saturated carbocycles. The lowest BCUT2D eigenvalue weighted by Crippen LogP contribution is -2.43. The second-order valence-electron chi connectivity index (χ2n) is 12.4. The molecule has 0 saturated heterocycles. The van der Waals surface area contributed by atoms with Crippen molar-refractivity contribution in [1.82, 2.24) is 0 Å². The van der Waals surface area contributed by atoms with Crippen molar-refractivity contribution in [1.29, 1.82) is 0 Å². The van der Waals surface area contributed by atoms with E-state index in [4.69, 9.17) is 22.1 Å². The van der Waals surface area contributed by atoms with E-state index in [1.54, 1.807) is 0 Å². The molecule has 4 bridgehead atoms. The molecule has 0 aliphatic heterocycles. The molecule has 5 rings (SSSR count). The molecule has 0 radical (unpaired) electrons. The van der Waals surface area contributed by atoms with Crippen molar-refractivity contribution in [2.24, 2.45) is 34.0 Å². The summed E-state index contributed by atoms with van der Waals surface area (Å²) < 4.78 is 13.5. The van der Waals surface area contributed by atoms with Crippen LogP contribution in [0.5, 0.6) is 5.75 Å². The van der Waals surface area contributed by atoms with Crippen molar-refractivity contribution in [3.8, 4) is 5.75 Å². The predicted molar refractivity (Wildman–Crippen MR) is 137 cm³/mol. The predicted octanol–water partition coefficient (Wildman–Crippen LogP) is 8.47. The molecule has 0 heterocycles. The molecular weight excluding hydrogens is 412 g/mol. The SMILES string of the molecule is CCC(CC)(CC)C(OCC12CC3CC(CC1C3)C2)Oc1ccc(C(S)C(C)(C)C)cc1. The van der Waals surface area contributed by atoms with Crippen LogP contribution < -0.4 is 4.74 Å². The summed E-state index contributed by atoms with van der Waals surface area (Å²) in [5.74, 6) is 3.75. The largest absolute Gasteiger partial charge is 0.464 e. The van der Waals surface area contributed by atoms with Crippen molar-refractivity contribution in [2.75, 3.05) is 6.61 Å². The average molecular weight is 459 g/mol. The van der Waals surface area contributed by atoms with E-state index in [1.807, 2.05) is 0 Å². The minimum Gasteiger partial charge on any atom is -0.464 e. The first-order valence-electron chi connectivity index (χ1n) is 13.2. The molecule has 0 N–H and O–H groups in total. The van der Waals surface area contributed by atoms with Gasteiger partial charge in [0.05, 0.1) is 6.61 Å². The Kier molecular flexibility index (Phi) is 7.01. The van der Waals surface area contributed by atoms with Crippen molar-refractivity contribution >= 4 is 12.6 Å². The molecule has 0 amide bonds. The molecule has 4 fully saturated rings. The van der Waals surface area contributed by atoms with Gasteiger partial charge in [-0.25, -0.2) is 0 Å². The van der Waals surface area contributed by atoms with Crippen LogP contribution in [-0.4, -0.2) is 12.9 Å². The monoisotopic (exact) mass is 458 g/mol. The highest BCUT2D eigenvalue weighted by atomic mass is 32.1. The van der Waals surface area contributed by atoms with E-state index in [0.29, 0.717) is 5.41 Å². The number of benzene rings is 1. The Morgan fingerprint density at radius 2 is 1.50 bits per heavy atom. The molecule has 180 valence electrons.